The third-order valence-corrected chi connectivity index (χ3v) is 6.09. The number of alkyl halides is 2. The molecule has 3 heterocycles. The lowest BCUT2D eigenvalue weighted by Gasteiger charge is -2.23. The summed E-state index contributed by atoms with van der Waals surface area (Å²) in [6.07, 6.45) is 4.17. The second kappa shape index (κ2) is 9.67. The van der Waals surface area contributed by atoms with Gasteiger partial charge in [-0.3, -0.25) is 4.79 Å². The van der Waals surface area contributed by atoms with E-state index in [9.17, 15) is 18.7 Å². The van der Waals surface area contributed by atoms with E-state index in [-0.39, 0.29) is 12.8 Å². The van der Waals surface area contributed by atoms with E-state index in [0.29, 0.717) is 30.4 Å². The molecule has 0 saturated carbocycles. The number of aromatic nitrogens is 1. The van der Waals surface area contributed by atoms with Crippen molar-refractivity contribution in [1.29, 1.82) is 0 Å². The van der Waals surface area contributed by atoms with Gasteiger partial charge in [-0.15, -0.1) is 0 Å². The van der Waals surface area contributed by atoms with Crippen molar-refractivity contribution in [3.05, 3.63) is 59.5 Å². The lowest BCUT2D eigenvalue weighted by atomic mass is 9.88. The molecule has 0 radical (unpaired) electrons. The van der Waals surface area contributed by atoms with E-state index in [4.69, 9.17) is 4.42 Å². The van der Waals surface area contributed by atoms with Crippen molar-refractivity contribution >= 4 is 22.8 Å². The fourth-order valence-corrected chi connectivity index (χ4v) is 4.40. The van der Waals surface area contributed by atoms with Gasteiger partial charge in [0.05, 0.1) is 12.7 Å². The number of hydrogen-bond acceptors (Lipinski definition) is 4. The van der Waals surface area contributed by atoms with Gasteiger partial charge >= 0.3 is 5.97 Å². The minimum atomic E-state index is -2.94. The molecule has 7 heteroatoms. The Morgan fingerprint density at radius 3 is 2.94 bits per heavy atom. The zero-order valence-electron chi connectivity index (χ0n) is 17.9. The molecule has 0 fully saturated rings. The second-order valence-electron chi connectivity index (χ2n) is 8.62. The van der Waals surface area contributed by atoms with Crippen LogP contribution in [0.3, 0.4) is 0 Å². The molecule has 1 aliphatic heterocycles. The first kappa shape index (κ1) is 22.2. The van der Waals surface area contributed by atoms with Crippen LogP contribution >= 0.6 is 0 Å². The van der Waals surface area contributed by atoms with Crippen molar-refractivity contribution in [2.24, 2.45) is 0 Å². The zero-order chi connectivity index (χ0) is 22.6. The third kappa shape index (κ3) is 5.64. The standard InChI is InChI=1S/C25H28F2N2O3/c26-25(27,11-2-1-5-21-9-8-18-4-3-12-28-24(18)29-21)16-20(15-23(30)31)19-7-6-17-10-13-32-22(17)14-19/h6-10,13-14,20H,1-5,11-12,15-16H2,(H,28,29)(H,30,31). The Morgan fingerprint density at radius 1 is 1.22 bits per heavy atom. The monoisotopic (exact) mass is 442 g/mol. The van der Waals surface area contributed by atoms with Crippen molar-refractivity contribution in [2.75, 3.05) is 11.9 Å². The van der Waals surface area contributed by atoms with E-state index < -0.39 is 24.2 Å². The molecule has 0 bridgehead atoms. The van der Waals surface area contributed by atoms with Crippen molar-refractivity contribution in [1.82, 2.24) is 4.98 Å². The Hall–Kier alpha value is -2.96. The minimum absolute atomic E-state index is 0.269. The average Bonchev–Trinajstić information content (AvgIpc) is 3.24. The van der Waals surface area contributed by atoms with Gasteiger partial charge in [-0.2, -0.15) is 0 Å². The number of aliphatic carboxylic acids is 1. The molecule has 5 nitrogen and oxygen atoms in total. The van der Waals surface area contributed by atoms with Gasteiger partial charge in [-0.25, -0.2) is 13.8 Å². The van der Waals surface area contributed by atoms with E-state index >= 15 is 0 Å². The highest BCUT2D eigenvalue weighted by Gasteiger charge is 2.34. The Kier molecular flexibility index (Phi) is 6.72. The van der Waals surface area contributed by atoms with Gasteiger partial charge in [0.2, 0.25) is 5.92 Å². The van der Waals surface area contributed by atoms with Crippen LogP contribution in [0.5, 0.6) is 0 Å². The van der Waals surface area contributed by atoms with Gasteiger partial charge in [-0.1, -0.05) is 18.2 Å². The summed E-state index contributed by atoms with van der Waals surface area (Å²) < 4.78 is 34.9. The summed E-state index contributed by atoms with van der Waals surface area (Å²) in [7, 11) is 0. The van der Waals surface area contributed by atoms with Gasteiger partial charge in [0.15, 0.2) is 0 Å². The normalized spacial score (nSPS) is 14.7. The van der Waals surface area contributed by atoms with E-state index in [1.54, 1.807) is 24.3 Å². The lowest BCUT2D eigenvalue weighted by Crippen LogP contribution is -2.22. The van der Waals surface area contributed by atoms with Crippen LogP contribution in [0.4, 0.5) is 14.6 Å². The summed E-state index contributed by atoms with van der Waals surface area (Å²) in [6, 6.07) is 11.0. The lowest BCUT2D eigenvalue weighted by molar-refractivity contribution is -0.138. The first-order valence-corrected chi connectivity index (χ1v) is 11.2. The SMILES string of the molecule is O=C(O)CC(CC(F)(F)CCCCc1ccc2c(n1)NCCC2)c1ccc2ccoc2c1. The summed E-state index contributed by atoms with van der Waals surface area (Å²) in [5.74, 6) is -3.88. The number of rotatable bonds is 10. The number of carbonyl (C=O) groups is 1. The number of unbranched alkanes of at least 4 members (excludes halogenated alkanes) is 1. The molecule has 1 atom stereocenters. The summed E-state index contributed by atoms with van der Waals surface area (Å²) in [5, 5.41) is 13.4. The van der Waals surface area contributed by atoms with Crippen LogP contribution in [0, 0.1) is 0 Å². The number of aryl methyl sites for hydroxylation is 2. The number of pyridine rings is 1. The largest absolute Gasteiger partial charge is 0.481 e. The summed E-state index contributed by atoms with van der Waals surface area (Å²) in [4.78, 5) is 15.9. The number of halogens is 2. The minimum Gasteiger partial charge on any atom is -0.481 e. The van der Waals surface area contributed by atoms with Crippen molar-refractivity contribution in [2.45, 2.75) is 63.2 Å². The van der Waals surface area contributed by atoms with Crippen LogP contribution in [-0.4, -0.2) is 28.5 Å². The number of hydrogen-bond donors (Lipinski definition) is 2. The van der Waals surface area contributed by atoms with Crippen LogP contribution in [0.1, 0.15) is 61.3 Å². The molecule has 32 heavy (non-hydrogen) atoms. The quantitative estimate of drug-likeness (QED) is 0.367. The molecule has 4 rings (SSSR count). The highest BCUT2D eigenvalue weighted by Crippen LogP contribution is 2.37. The third-order valence-electron chi connectivity index (χ3n) is 6.09. The van der Waals surface area contributed by atoms with E-state index in [2.05, 4.69) is 16.4 Å². The Labute approximate surface area is 185 Å². The summed E-state index contributed by atoms with van der Waals surface area (Å²) in [5.41, 5.74) is 3.27. The number of benzene rings is 1. The number of carboxylic acids is 1. The first-order chi connectivity index (χ1) is 15.4. The van der Waals surface area contributed by atoms with Gasteiger partial charge in [-0.05, 0) is 61.4 Å². The summed E-state index contributed by atoms with van der Waals surface area (Å²) in [6.45, 7) is 0.917. The topological polar surface area (TPSA) is 75.4 Å². The Morgan fingerprint density at radius 2 is 2.09 bits per heavy atom. The van der Waals surface area contributed by atoms with Gasteiger partial charge in [0, 0.05) is 36.4 Å². The van der Waals surface area contributed by atoms with Crippen LogP contribution < -0.4 is 5.32 Å². The molecule has 1 aromatic carbocycles. The van der Waals surface area contributed by atoms with E-state index in [0.717, 1.165) is 36.3 Å². The van der Waals surface area contributed by atoms with Gasteiger partial charge in [0.25, 0.3) is 0 Å². The Bertz CT molecular complexity index is 1080. The molecule has 0 aliphatic carbocycles. The molecule has 170 valence electrons. The first-order valence-electron chi connectivity index (χ1n) is 11.2. The molecule has 0 saturated heterocycles. The van der Waals surface area contributed by atoms with Crippen molar-refractivity contribution in [3.63, 3.8) is 0 Å². The van der Waals surface area contributed by atoms with Gasteiger partial charge in [0.1, 0.15) is 11.4 Å². The van der Waals surface area contributed by atoms with E-state index in [1.807, 2.05) is 6.07 Å². The molecule has 1 aliphatic rings. The molecular formula is C25H28F2N2O3. The van der Waals surface area contributed by atoms with Crippen molar-refractivity contribution in [3.8, 4) is 0 Å². The maximum Gasteiger partial charge on any atom is 0.303 e. The van der Waals surface area contributed by atoms with Gasteiger partial charge < -0.3 is 14.8 Å². The highest BCUT2D eigenvalue weighted by atomic mass is 19.3. The predicted octanol–water partition coefficient (Wildman–Crippen LogP) is 6.18. The number of carboxylic acid groups (broad SMARTS) is 1. The zero-order valence-corrected chi connectivity index (χ0v) is 17.9. The molecule has 1 unspecified atom stereocenters. The van der Waals surface area contributed by atoms with Crippen molar-refractivity contribution < 1.29 is 23.1 Å². The van der Waals surface area contributed by atoms with Crippen LogP contribution in [0.2, 0.25) is 0 Å². The maximum atomic E-state index is 14.8. The molecule has 2 N–H and O–H groups in total. The summed E-state index contributed by atoms with van der Waals surface area (Å²) >= 11 is 0. The molecule has 0 amide bonds. The smallest absolute Gasteiger partial charge is 0.303 e. The molecule has 3 aromatic rings. The predicted molar refractivity (Wildman–Crippen MR) is 119 cm³/mol. The number of nitrogens with one attached hydrogen (secondary N) is 1. The Balaban J connectivity index is 1.33. The average molecular weight is 443 g/mol. The number of furan rings is 1. The number of fused-ring (bicyclic) bond motifs is 2. The van der Waals surface area contributed by atoms with Crippen LogP contribution in [0.15, 0.2) is 47.1 Å². The highest BCUT2D eigenvalue weighted by molar-refractivity contribution is 5.78. The van der Waals surface area contributed by atoms with Crippen LogP contribution in [0.25, 0.3) is 11.0 Å². The molecule has 2 aromatic heterocycles. The molecule has 0 spiro atoms. The number of anilines is 1. The maximum absolute atomic E-state index is 14.8. The van der Waals surface area contributed by atoms with E-state index in [1.165, 1.54) is 11.8 Å². The van der Waals surface area contributed by atoms with Crippen LogP contribution in [-0.2, 0) is 17.6 Å². The molecular weight excluding hydrogens is 414 g/mol. The number of nitrogens with zero attached hydrogens (tertiary/aromatic N) is 1. The second-order valence-corrected chi connectivity index (χ2v) is 8.62. The fraction of sp³-hybridized carbons (Fsp3) is 0.440. The fourth-order valence-electron chi connectivity index (χ4n) is 4.40.